The number of H-pyrrole nitrogens is 1. The molecule has 3 aromatic heterocycles. The number of aromatic nitrogens is 7. The number of imidazole rings is 1. The maximum absolute atomic E-state index is 6.20. The Morgan fingerprint density at radius 3 is 2.66 bits per heavy atom. The van der Waals surface area contributed by atoms with Gasteiger partial charge in [0.05, 0.1) is 17.6 Å². The van der Waals surface area contributed by atoms with Crippen molar-refractivity contribution in [2.75, 3.05) is 0 Å². The van der Waals surface area contributed by atoms with Gasteiger partial charge in [-0.25, -0.2) is 9.97 Å². The Morgan fingerprint density at radius 1 is 0.971 bits per heavy atom. The first-order valence-corrected chi connectivity index (χ1v) is 11.8. The lowest BCUT2D eigenvalue weighted by Crippen LogP contribution is -2.06. The molecule has 3 heterocycles. The van der Waals surface area contributed by atoms with Crippen molar-refractivity contribution in [3.05, 3.63) is 77.1 Å². The number of aryl methyl sites for hydroxylation is 3. The zero-order valence-electron chi connectivity index (χ0n) is 19.9. The van der Waals surface area contributed by atoms with Gasteiger partial charge in [-0.15, -0.1) is 10.2 Å². The SMILES string of the molecule is CCCc1nc2c(C)cc(-c3nc4cccc(C)c4o3)cc2n1Cc1ccccc1-c1nn[nH]n1. The van der Waals surface area contributed by atoms with Crippen molar-refractivity contribution in [1.82, 2.24) is 35.2 Å². The average Bonchev–Trinajstić information content (AvgIpc) is 3.60. The third-order valence-corrected chi connectivity index (χ3v) is 6.39. The van der Waals surface area contributed by atoms with Crippen LogP contribution in [-0.2, 0) is 13.0 Å². The minimum Gasteiger partial charge on any atom is -0.436 e. The number of aromatic amines is 1. The van der Waals surface area contributed by atoms with Crippen LogP contribution in [0, 0.1) is 13.8 Å². The fraction of sp³-hybridized carbons (Fsp3) is 0.222. The molecule has 0 radical (unpaired) electrons. The van der Waals surface area contributed by atoms with Gasteiger partial charge in [0.1, 0.15) is 11.3 Å². The van der Waals surface area contributed by atoms with Crippen LogP contribution >= 0.6 is 0 Å². The largest absolute Gasteiger partial charge is 0.436 e. The molecule has 0 bridgehead atoms. The minimum atomic E-state index is 0.584. The lowest BCUT2D eigenvalue weighted by atomic mass is 10.1. The van der Waals surface area contributed by atoms with Crippen molar-refractivity contribution in [3.63, 3.8) is 0 Å². The molecular formula is C27H25N7O. The molecule has 174 valence electrons. The van der Waals surface area contributed by atoms with Gasteiger partial charge < -0.3 is 8.98 Å². The first-order chi connectivity index (χ1) is 17.1. The zero-order valence-corrected chi connectivity index (χ0v) is 19.9. The first kappa shape index (κ1) is 21.2. The van der Waals surface area contributed by atoms with Crippen LogP contribution in [-0.4, -0.2) is 35.2 Å². The van der Waals surface area contributed by atoms with Gasteiger partial charge in [-0.1, -0.05) is 43.3 Å². The summed E-state index contributed by atoms with van der Waals surface area (Å²) in [7, 11) is 0. The third kappa shape index (κ3) is 3.67. The Labute approximate surface area is 202 Å². The van der Waals surface area contributed by atoms with Gasteiger partial charge in [0.2, 0.25) is 11.7 Å². The predicted octanol–water partition coefficient (Wildman–Crippen LogP) is 5.64. The Balaban J connectivity index is 1.52. The number of tetrazole rings is 1. The van der Waals surface area contributed by atoms with Crippen molar-refractivity contribution in [1.29, 1.82) is 0 Å². The summed E-state index contributed by atoms with van der Waals surface area (Å²) in [6.07, 6.45) is 1.89. The van der Waals surface area contributed by atoms with Gasteiger partial charge in [0.15, 0.2) is 5.58 Å². The number of fused-ring (bicyclic) bond motifs is 2. The fourth-order valence-corrected chi connectivity index (χ4v) is 4.69. The Kier molecular flexibility index (Phi) is 5.13. The maximum Gasteiger partial charge on any atom is 0.227 e. The van der Waals surface area contributed by atoms with Gasteiger partial charge >= 0.3 is 0 Å². The molecule has 6 aromatic rings. The van der Waals surface area contributed by atoms with Crippen LogP contribution < -0.4 is 0 Å². The Bertz CT molecular complexity index is 1660. The molecule has 0 aliphatic carbocycles. The highest BCUT2D eigenvalue weighted by atomic mass is 16.3. The van der Waals surface area contributed by atoms with Crippen molar-refractivity contribution in [3.8, 4) is 22.8 Å². The summed E-state index contributed by atoms with van der Waals surface area (Å²) < 4.78 is 8.50. The molecule has 0 fully saturated rings. The van der Waals surface area contributed by atoms with Crippen LogP contribution in [0.1, 0.15) is 35.9 Å². The molecule has 0 aliphatic rings. The average molecular weight is 464 g/mol. The number of para-hydroxylation sites is 1. The highest BCUT2D eigenvalue weighted by Crippen LogP contribution is 2.32. The van der Waals surface area contributed by atoms with Gasteiger partial charge in [-0.2, -0.15) is 5.21 Å². The summed E-state index contributed by atoms with van der Waals surface area (Å²) in [6, 6.07) is 18.4. The lowest BCUT2D eigenvalue weighted by Gasteiger charge is -2.12. The lowest BCUT2D eigenvalue weighted by molar-refractivity contribution is 0.617. The second kappa shape index (κ2) is 8.47. The molecule has 0 amide bonds. The summed E-state index contributed by atoms with van der Waals surface area (Å²) >= 11 is 0. The number of oxazole rings is 1. The van der Waals surface area contributed by atoms with Crippen molar-refractivity contribution in [2.24, 2.45) is 0 Å². The van der Waals surface area contributed by atoms with E-state index in [0.29, 0.717) is 18.3 Å². The number of nitrogens with zero attached hydrogens (tertiary/aromatic N) is 6. The van der Waals surface area contributed by atoms with E-state index in [9.17, 15) is 0 Å². The van der Waals surface area contributed by atoms with Crippen LogP contribution in [0.2, 0.25) is 0 Å². The normalized spacial score (nSPS) is 11.6. The smallest absolute Gasteiger partial charge is 0.227 e. The third-order valence-electron chi connectivity index (χ3n) is 6.39. The molecule has 0 unspecified atom stereocenters. The molecule has 0 saturated heterocycles. The highest BCUT2D eigenvalue weighted by molar-refractivity contribution is 5.86. The summed E-state index contributed by atoms with van der Waals surface area (Å²) in [4.78, 5) is 9.82. The molecule has 8 heteroatoms. The monoisotopic (exact) mass is 463 g/mol. The standard InChI is InChI=1S/C27H25N7O/c1-4-8-23-29-24-17(3)13-19(27-28-21-12-7-9-16(2)25(21)35-27)14-22(24)34(23)15-18-10-5-6-11-20(18)26-30-32-33-31-26/h5-7,9-14H,4,8,15H2,1-3H3,(H,30,31,32,33). The van der Waals surface area contributed by atoms with E-state index in [1.165, 1.54) is 0 Å². The number of nitrogens with one attached hydrogen (secondary N) is 1. The van der Waals surface area contributed by atoms with Gasteiger partial charge in [0, 0.05) is 17.5 Å². The molecule has 0 aliphatic heterocycles. The summed E-state index contributed by atoms with van der Waals surface area (Å²) in [5, 5.41) is 14.7. The molecule has 3 aromatic carbocycles. The molecule has 8 nitrogen and oxygen atoms in total. The molecule has 0 spiro atoms. The Morgan fingerprint density at radius 2 is 1.86 bits per heavy atom. The summed E-state index contributed by atoms with van der Waals surface area (Å²) in [5.41, 5.74) is 8.93. The van der Waals surface area contributed by atoms with E-state index < -0.39 is 0 Å². The fourth-order valence-electron chi connectivity index (χ4n) is 4.69. The second-order valence-corrected chi connectivity index (χ2v) is 8.86. The molecule has 6 rings (SSSR count). The van der Waals surface area contributed by atoms with Gasteiger partial charge in [-0.3, -0.25) is 0 Å². The van der Waals surface area contributed by atoms with Crippen molar-refractivity contribution in [2.45, 2.75) is 40.2 Å². The molecule has 0 atom stereocenters. The van der Waals surface area contributed by atoms with Crippen LogP contribution in [0.25, 0.3) is 45.0 Å². The van der Waals surface area contributed by atoms with Gasteiger partial charge in [0.25, 0.3) is 0 Å². The summed E-state index contributed by atoms with van der Waals surface area (Å²) in [6.45, 7) is 6.96. The number of hydrogen-bond donors (Lipinski definition) is 1. The van der Waals surface area contributed by atoms with Crippen LogP contribution in [0.15, 0.2) is 59.0 Å². The molecule has 35 heavy (non-hydrogen) atoms. The second-order valence-electron chi connectivity index (χ2n) is 8.86. The van der Waals surface area contributed by atoms with Gasteiger partial charge in [-0.05, 0) is 60.4 Å². The Hall–Kier alpha value is -4.33. The quantitative estimate of drug-likeness (QED) is 0.343. The number of hydrogen-bond acceptors (Lipinski definition) is 6. The van der Waals surface area contributed by atoms with E-state index in [1.54, 1.807) is 0 Å². The van der Waals surface area contributed by atoms with E-state index in [0.717, 1.165) is 68.6 Å². The van der Waals surface area contributed by atoms with E-state index >= 15 is 0 Å². The first-order valence-electron chi connectivity index (χ1n) is 11.8. The van der Waals surface area contributed by atoms with E-state index in [-0.39, 0.29) is 0 Å². The highest BCUT2D eigenvalue weighted by Gasteiger charge is 2.18. The summed E-state index contributed by atoms with van der Waals surface area (Å²) in [5.74, 6) is 2.26. The maximum atomic E-state index is 6.20. The van der Waals surface area contributed by atoms with Crippen LogP contribution in [0.3, 0.4) is 0 Å². The van der Waals surface area contributed by atoms with E-state index in [2.05, 4.69) is 57.2 Å². The minimum absolute atomic E-state index is 0.584. The van der Waals surface area contributed by atoms with Crippen molar-refractivity contribution >= 4 is 22.1 Å². The predicted molar refractivity (Wildman–Crippen MR) is 135 cm³/mol. The molecular weight excluding hydrogens is 438 g/mol. The van der Waals surface area contributed by atoms with Crippen LogP contribution in [0.5, 0.6) is 0 Å². The number of rotatable bonds is 6. The van der Waals surface area contributed by atoms with E-state index in [4.69, 9.17) is 14.4 Å². The molecule has 0 saturated carbocycles. The molecule has 1 N–H and O–H groups in total. The number of benzene rings is 3. The van der Waals surface area contributed by atoms with E-state index in [1.807, 2.05) is 43.3 Å². The van der Waals surface area contributed by atoms with Crippen molar-refractivity contribution < 1.29 is 4.42 Å². The zero-order chi connectivity index (χ0) is 23.9. The van der Waals surface area contributed by atoms with Crippen LogP contribution in [0.4, 0.5) is 0 Å². The topological polar surface area (TPSA) is 98.3 Å².